The van der Waals surface area contributed by atoms with Gasteiger partial charge in [0.15, 0.2) is 0 Å². The molecule has 2 heteroatoms. The Balaban J connectivity index is 1.67. The first kappa shape index (κ1) is 15.3. The molecule has 0 unspecified atom stereocenters. The van der Waals surface area contributed by atoms with Crippen LogP contribution in [0.25, 0.3) is 11.1 Å². The van der Waals surface area contributed by atoms with Crippen LogP contribution in [0.2, 0.25) is 0 Å². The Labute approximate surface area is 136 Å². The van der Waals surface area contributed by atoms with Gasteiger partial charge in [-0.05, 0) is 42.2 Å². The van der Waals surface area contributed by atoms with Crippen molar-refractivity contribution < 1.29 is 9.13 Å². The van der Waals surface area contributed by atoms with Crippen molar-refractivity contribution >= 4 is 0 Å². The summed E-state index contributed by atoms with van der Waals surface area (Å²) in [6, 6.07) is 21.7. The van der Waals surface area contributed by atoms with Gasteiger partial charge in [-0.15, -0.1) is 0 Å². The van der Waals surface area contributed by atoms with Crippen LogP contribution < -0.4 is 4.74 Å². The average Bonchev–Trinajstić information content (AvgIpc) is 2.57. The summed E-state index contributed by atoms with van der Waals surface area (Å²) in [5.41, 5.74) is 5.31. The largest absolute Gasteiger partial charge is 0.489 e. The molecule has 0 aliphatic carbocycles. The fourth-order valence-corrected chi connectivity index (χ4v) is 2.37. The van der Waals surface area contributed by atoms with Crippen LogP contribution in [0.1, 0.15) is 16.7 Å². The zero-order valence-electron chi connectivity index (χ0n) is 13.3. The minimum absolute atomic E-state index is 0.239. The first-order valence-electron chi connectivity index (χ1n) is 7.67. The molecule has 0 N–H and O–H groups in total. The van der Waals surface area contributed by atoms with Gasteiger partial charge in [-0.3, -0.25) is 0 Å². The average molecular weight is 306 g/mol. The van der Waals surface area contributed by atoms with Gasteiger partial charge in [-0.25, -0.2) is 4.39 Å². The molecular formula is C21H19FO. The van der Waals surface area contributed by atoms with E-state index in [-0.39, 0.29) is 5.82 Å². The van der Waals surface area contributed by atoms with E-state index in [0.29, 0.717) is 17.9 Å². The van der Waals surface area contributed by atoms with E-state index in [1.54, 1.807) is 19.1 Å². The zero-order chi connectivity index (χ0) is 16.2. The molecule has 0 radical (unpaired) electrons. The van der Waals surface area contributed by atoms with Crippen LogP contribution in [-0.4, -0.2) is 0 Å². The van der Waals surface area contributed by atoms with E-state index in [1.165, 1.54) is 22.8 Å². The maximum atomic E-state index is 13.5. The van der Waals surface area contributed by atoms with E-state index in [0.717, 1.165) is 5.56 Å². The Morgan fingerprint density at radius 3 is 2.00 bits per heavy atom. The number of aryl methyl sites for hydroxylation is 2. The van der Waals surface area contributed by atoms with Gasteiger partial charge in [0.25, 0.3) is 0 Å². The van der Waals surface area contributed by atoms with Crippen LogP contribution in [0.4, 0.5) is 4.39 Å². The molecule has 3 aromatic rings. The lowest BCUT2D eigenvalue weighted by atomic mass is 10.0. The van der Waals surface area contributed by atoms with E-state index >= 15 is 0 Å². The molecule has 23 heavy (non-hydrogen) atoms. The van der Waals surface area contributed by atoms with Crippen LogP contribution in [0.3, 0.4) is 0 Å². The summed E-state index contributed by atoms with van der Waals surface area (Å²) in [6.45, 7) is 4.25. The van der Waals surface area contributed by atoms with E-state index in [1.807, 2.05) is 12.1 Å². The highest BCUT2D eigenvalue weighted by atomic mass is 19.1. The predicted molar refractivity (Wildman–Crippen MR) is 92.1 cm³/mol. The molecule has 0 heterocycles. The van der Waals surface area contributed by atoms with E-state index in [2.05, 4.69) is 43.3 Å². The summed E-state index contributed by atoms with van der Waals surface area (Å²) in [5, 5.41) is 0. The number of ether oxygens (including phenoxy) is 1. The topological polar surface area (TPSA) is 9.23 Å². The lowest BCUT2D eigenvalue weighted by molar-refractivity contribution is 0.304. The summed E-state index contributed by atoms with van der Waals surface area (Å²) in [7, 11) is 0. The molecule has 0 amide bonds. The Hall–Kier alpha value is -2.61. The smallest absolute Gasteiger partial charge is 0.129 e. The first-order valence-corrected chi connectivity index (χ1v) is 7.67. The monoisotopic (exact) mass is 306 g/mol. The quantitative estimate of drug-likeness (QED) is 0.602. The summed E-state index contributed by atoms with van der Waals surface area (Å²) >= 11 is 0. The van der Waals surface area contributed by atoms with Crippen LogP contribution >= 0.6 is 0 Å². The van der Waals surface area contributed by atoms with Crippen molar-refractivity contribution in [2.24, 2.45) is 0 Å². The molecule has 0 saturated heterocycles. The van der Waals surface area contributed by atoms with Crippen molar-refractivity contribution in [2.75, 3.05) is 0 Å². The highest BCUT2D eigenvalue weighted by Gasteiger charge is 2.02. The third-order valence-electron chi connectivity index (χ3n) is 3.89. The van der Waals surface area contributed by atoms with Crippen LogP contribution in [0, 0.1) is 19.7 Å². The van der Waals surface area contributed by atoms with Gasteiger partial charge in [0.05, 0.1) is 0 Å². The molecule has 0 saturated carbocycles. The van der Waals surface area contributed by atoms with Gasteiger partial charge in [0, 0.05) is 6.07 Å². The normalized spacial score (nSPS) is 10.6. The Bertz CT molecular complexity index is 789. The summed E-state index contributed by atoms with van der Waals surface area (Å²) in [6.07, 6.45) is 0. The molecule has 3 aromatic carbocycles. The van der Waals surface area contributed by atoms with Gasteiger partial charge in [0.2, 0.25) is 0 Å². The summed E-state index contributed by atoms with van der Waals surface area (Å²) in [5.74, 6) is 0.313. The van der Waals surface area contributed by atoms with Crippen molar-refractivity contribution in [1.29, 1.82) is 0 Å². The highest BCUT2D eigenvalue weighted by Crippen LogP contribution is 2.21. The minimum atomic E-state index is -0.239. The van der Waals surface area contributed by atoms with Crippen molar-refractivity contribution in [2.45, 2.75) is 20.5 Å². The Morgan fingerprint density at radius 2 is 1.39 bits per heavy atom. The fraction of sp³-hybridized carbons (Fsp3) is 0.143. The minimum Gasteiger partial charge on any atom is -0.489 e. The molecule has 0 aliphatic heterocycles. The molecule has 0 atom stereocenters. The molecule has 0 aromatic heterocycles. The molecule has 0 fully saturated rings. The Morgan fingerprint density at radius 1 is 0.783 bits per heavy atom. The summed E-state index contributed by atoms with van der Waals surface area (Å²) < 4.78 is 19.1. The molecule has 0 aliphatic rings. The number of hydrogen-bond donors (Lipinski definition) is 0. The second-order valence-electron chi connectivity index (χ2n) is 5.76. The van der Waals surface area contributed by atoms with Crippen LogP contribution in [0.5, 0.6) is 5.75 Å². The number of benzene rings is 3. The standard InChI is InChI=1S/C21H19FO/c1-15-3-8-18(9-4-15)19-10-6-17(7-11-19)14-23-20-12-5-16(2)21(22)13-20/h3-13H,14H2,1-2H3. The maximum absolute atomic E-state index is 13.5. The number of halogens is 1. The highest BCUT2D eigenvalue weighted by molar-refractivity contribution is 5.63. The van der Waals surface area contributed by atoms with Crippen molar-refractivity contribution in [3.8, 4) is 16.9 Å². The van der Waals surface area contributed by atoms with Crippen molar-refractivity contribution in [3.63, 3.8) is 0 Å². The third-order valence-corrected chi connectivity index (χ3v) is 3.89. The summed E-state index contributed by atoms with van der Waals surface area (Å²) in [4.78, 5) is 0. The van der Waals surface area contributed by atoms with Gasteiger partial charge in [0.1, 0.15) is 18.2 Å². The molecule has 116 valence electrons. The second-order valence-corrected chi connectivity index (χ2v) is 5.76. The zero-order valence-corrected chi connectivity index (χ0v) is 13.3. The molecule has 1 nitrogen and oxygen atoms in total. The SMILES string of the molecule is Cc1ccc(-c2ccc(COc3ccc(C)c(F)c3)cc2)cc1. The van der Waals surface area contributed by atoms with Crippen LogP contribution in [0.15, 0.2) is 66.7 Å². The van der Waals surface area contributed by atoms with Gasteiger partial charge >= 0.3 is 0 Å². The molecule has 3 rings (SSSR count). The maximum Gasteiger partial charge on any atom is 0.129 e. The van der Waals surface area contributed by atoms with Crippen molar-refractivity contribution in [3.05, 3.63) is 89.2 Å². The number of rotatable bonds is 4. The van der Waals surface area contributed by atoms with E-state index in [9.17, 15) is 4.39 Å². The van der Waals surface area contributed by atoms with E-state index in [4.69, 9.17) is 4.74 Å². The van der Waals surface area contributed by atoms with Gasteiger partial charge in [-0.2, -0.15) is 0 Å². The molecule has 0 spiro atoms. The fourth-order valence-electron chi connectivity index (χ4n) is 2.37. The second kappa shape index (κ2) is 6.66. The predicted octanol–water partition coefficient (Wildman–Crippen LogP) is 5.69. The van der Waals surface area contributed by atoms with Crippen molar-refractivity contribution in [1.82, 2.24) is 0 Å². The third kappa shape index (κ3) is 3.78. The Kier molecular flexibility index (Phi) is 4.42. The first-order chi connectivity index (χ1) is 11.1. The lowest BCUT2D eigenvalue weighted by Crippen LogP contribution is -1.96. The molecular weight excluding hydrogens is 287 g/mol. The lowest BCUT2D eigenvalue weighted by Gasteiger charge is -2.08. The molecule has 0 bridgehead atoms. The van der Waals surface area contributed by atoms with Gasteiger partial charge in [-0.1, -0.05) is 60.2 Å². The van der Waals surface area contributed by atoms with Crippen LogP contribution in [-0.2, 0) is 6.61 Å². The van der Waals surface area contributed by atoms with Gasteiger partial charge < -0.3 is 4.74 Å². The number of hydrogen-bond acceptors (Lipinski definition) is 1. The van der Waals surface area contributed by atoms with E-state index < -0.39 is 0 Å².